The molecule has 0 radical (unpaired) electrons. The van der Waals surface area contributed by atoms with Gasteiger partial charge in [0.25, 0.3) is 5.91 Å². The molecule has 1 atom stereocenters. The third-order valence-corrected chi connectivity index (χ3v) is 4.22. The van der Waals surface area contributed by atoms with Crippen LogP contribution in [0.4, 0.5) is 5.69 Å². The normalized spacial score (nSPS) is 13.0. The second-order valence-electron chi connectivity index (χ2n) is 5.23. The van der Waals surface area contributed by atoms with Crippen molar-refractivity contribution in [1.29, 1.82) is 0 Å². The van der Waals surface area contributed by atoms with Crippen molar-refractivity contribution in [2.24, 2.45) is 0 Å². The molecule has 0 spiro atoms. The lowest BCUT2D eigenvalue weighted by atomic mass is 10.0. The Bertz CT molecular complexity index is 410. The Hall–Kier alpha value is -1.03. The third-order valence-electron chi connectivity index (χ3n) is 3.08. The van der Waals surface area contributed by atoms with Gasteiger partial charge in [-0.2, -0.15) is 0 Å². The number of nitrogens with one attached hydrogen (secondary N) is 1. The number of hydrogen-bond donors (Lipinski definition) is 1. The van der Waals surface area contributed by atoms with Crippen molar-refractivity contribution in [2.45, 2.75) is 31.1 Å². The van der Waals surface area contributed by atoms with E-state index in [1.807, 2.05) is 64.0 Å². The van der Waals surface area contributed by atoms with Gasteiger partial charge < -0.3 is 10.2 Å². The van der Waals surface area contributed by atoms with Gasteiger partial charge in [-0.25, -0.2) is 0 Å². The minimum Gasteiger partial charge on any atom is -0.378 e. The van der Waals surface area contributed by atoms with Crippen LogP contribution in [0.5, 0.6) is 0 Å². The SMILES string of the molecule is CC(Br)C(C)(C)NC(=O)c1ccc(N(C)C)cc1. The van der Waals surface area contributed by atoms with Crippen LogP contribution in [0.25, 0.3) is 0 Å². The Morgan fingerprint density at radius 3 is 2.17 bits per heavy atom. The van der Waals surface area contributed by atoms with Gasteiger partial charge in [-0.05, 0) is 38.1 Å². The molecule has 18 heavy (non-hydrogen) atoms. The number of benzene rings is 1. The minimum absolute atomic E-state index is 0.0448. The van der Waals surface area contributed by atoms with E-state index in [1.165, 1.54) is 0 Å². The summed E-state index contributed by atoms with van der Waals surface area (Å²) in [6, 6.07) is 7.58. The lowest BCUT2D eigenvalue weighted by molar-refractivity contribution is 0.0914. The molecule has 1 unspecified atom stereocenters. The first-order valence-electron chi connectivity index (χ1n) is 5.98. The summed E-state index contributed by atoms with van der Waals surface area (Å²) in [5.41, 5.74) is 1.48. The Morgan fingerprint density at radius 2 is 1.78 bits per heavy atom. The first-order valence-corrected chi connectivity index (χ1v) is 6.89. The van der Waals surface area contributed by atoms with Crippen LogP contribution in [0.1, 0.15) is 31.1 Å². The number of halogens is 1. The second kappa shape index (κ2) is 5.74. The van der Waals surface area contributed by atoms with Crippen LogP contribution in [0.15, 0.2) is 24.3 Å². The van der Waals surface area contributed by atoms with Gasteiger partial charge in [-0.15, -0.1) is 0 Å². The highest BCUT2D eigenvalue weighted by atomic mass is 79.9. The standard InChI is InChI=1S/C14H21BrN2O/c1-10(15)14(2,3)16-13(18)11-6-8-12(9-7-11)17(4)5/h6-10H,1-5H3,(H,16,18). The van der Waals surface area contributed by atoms with Crippen LogP contribution < -0.4 is 10.2 Å². The zero-order valence-corrected chi connectivity index (χ0v) is 13.2. The predicted molar refractivity (Wildman–Crippen MR) is 80.7 cm³/mol. The Labute approximate surface area is 118 Å². The van der Waals surface area contributed by atoms with Crippen LogP contribution in [-0.2, 0) is 0 Å². The van der Waals surface area contributed by atoms with Crippen molar-refractivity contribution in [3.63, 3.8) is 0 Å². The number of anilines is 1. The van der Waals surface area contributed by atoms with Crippen LogP contribution in [0.2, 0.25) is 0 Å². The topological polar surface area (TPSA) is 32.3 Å². The maximum absolute atomic E-state index is 12.1. The monoisotopic (exact) mass is 312 g/mol. The van der Waals surface area contributed by atoms with Gasteiger partial charge >= 0.3 is 0 Å². The van der Waals surface area contributed by atoms with Crippen molar-refractivity contribution in [1.82, 2.24) is 5.32 Å². The van der Waals surface area contributed by atoms with Gasteiger partial charge in [-0.3, -0.25) is 4.79 Å². The number of nitrogens with zero attached hydrogens (tertiary/aromatic N) is 1. The van der Waals surface area contributed by atoms with E-state index in [9.17, 15) is 4.79 Å². The number of hydrogen-bond acceptors (Lipinski definition) is 2. The molecule has 4 heteroatoms. The summed E-state index contributed by atoms with van der Waals surface area (Å²) in [5, 5.41) is 3.02. The van der Waals surface area contributed by atoms with Crippen molar-refractivity contribution < 1.29 is 4.79 Å². The fourth-order valence-electron chi connectivity index (χ4n) is 1.38. The Kier molecular flexibility index (Phi) is 4.79. The Balaban J connectivity index is 2.79. The molecule has 1 aromatic carbocycles. The van der Waals surface area contributed by atoms with Gasteiger partial charge in [0.05, 0.1) is 0 Å². The summed E-state index contributed by atoms with van der Waals surface area (Å²) in [5.74, 6) is -0.0448. The summed E-state index contributed by atoms with van der Waals surface area (Å²) in [6.45, 7) is 6.02. The molecule has 0 aliphatic heterocycles. The predicted octanol–water partition coefficient (Wildman–Crippen LogP) is 3.04. The molecule has 0 bridgehead atoms. The highest BCUT2D eigenvalue weighted by Crippen LogP contribution is 2.18. The average molecular weight is 313 g/mol. The summed E-state index contributed by atoms with van der Waals surface area (Å²) in [4.78, 5) is 14.3. The highest BCUT2D eigenvalue weighted by Gasteiger charge is 2.26. The number of rotatable bonds is 4. The molecule has 1 N–H and O–H groups in total. The van der Waals surface area contributed by atoms with Gasteiger partial charge in [-0.1, -0.05) is 22.9 Å². The lowest BCUT2D eigenvalue weighted by Gasteiger charge is -2.29. The minimum atomic E-state index is -0.280. The maximum atomic E-state index is 12.1. The second-order valence-corrected chi connectivity index (χ2v) is 6.61. The van der Waals surface area contributed by atoms with E-state index in [2.05, 4.69) is 21.2 Å². The molecule has 0 fully saturated rings. The smallest absolute Gasteiger partial charge is 0.251 e. The van der Waals surface area contributed by atoms with E-state index in [1.54, 1.807) is 0 Å². The van der Waals surface area contributed by atoms with Gasteiger partial charge in [0.15, 0.2) is 0 Å². The van der Waals surface area contributed by atoms with Crippen molar-refractivity contribution in [3.8, 4) is 0 Å². The van der Waals surface area contributed by atoms with Gasteiger partial charge in [0.2, 0.25) is 0 Å². The fraction of sp³-hybridized carbons (Fsp3) is 0.500. The van der Waals surface area contributed by atoms with E-state index in [4.69, 9.17) is 0 Å². The van der Waals surface area contributed by atoms with E-state index in [0.29, 0.717) is 5.56 Å². The van der Waals surface area contributed by atoms with Crippen molar-refractivity contribution in [2.75, 3.05) is 19.0 Å². The first kappa shape index (κ1) is 15.0. The number of amides is 1. The molecular weight excluding hydrogens is 292 g/mol. The molecule has 1 aromatic rings. The highest BCUT2D eigenvalue weighted by molar-refractivity contribution is 9.09. The van der Waals surface area contributed by atoms with Crippen LogP contribution in [-0.4, -0.2) is 30.4 Å². The fourth-order valence-corrected chi connectivity index (χ4v) is 1.49. The summed E-state index contributed by atoms with van der Waals surface area (Å²) in [7, 11) is 3.95. The van der Waals surface area contributed by atoms with Gasteiger partial charge in [0.1, 0.15) is 0 Å². The van der Waals surface area contributed by atoms with Crippen molar-refractivity contribution in [3.05, 3.63) is 29.8 Å². The third kappa shape index (κ3) is 3.73. The molecule has 100 valence electrons. The Morgan fingerprint density at radius 1 is 1.28 bits per heavy atom. The van der Waals surface area contributed by atoms with Gasteiger partial charge in [0, 0.05) is 35.7 Å². The number of carbonyl (C=O) groups is 1. The largest absolute Gasteiger partial charge is 0.378 e. The zero-order valence-electron chi connectivity index (χ0n) is 11.6. The van der Waals surface area contributed by atoms with E-state index < -0.39 is 0 Å². The maximum Gasteiger partial charge on any atom is 0.251 e. The molecule has 3 nitrogen and oxygen atoms in total. The average Bonchev–Trinajstić information content (AvgIpc) is 2.28. The molecule has 0 saturated heterocycles. The summed E-state index contributed by atoms with van der Waals surface area (Å²) >= 11 is 3.51. The zero-order chi connectivity index (χ0) is 13.9. The lowest BCUT2D eigenvalue weighted by Crippen LogP contribution is -2.48. The molecule has 1 rings (SSSR count). The molecule has 0 aliphatic carbocycles. The summed E-state index contributed by atoms with van der Waals surface area (Å²) in [6.07, 6.45) is 0. The number of alkyl halides is 1. The molecular formula is C14H21BrN2O. The molecule has 0 aliphatic rings. The van der Waals surface area contributed by atoms with Crippen LogP contribution >= 0.6 is 15.9 Å². The van der Waals surface area contributed by atoms with E-state index in [0.717, 1.165) is 5.69 Å². The van der Waals surface area contributed by atoms with Crippen LogP contribution in [0, 0.1) is 0 Å². The molecule has 0 heterocycles. The van der Waals surface area contributed by atoms with Crippen LogP contribution in [0.3, 0.4) is 0 Å². The van der Waals surface area contributed by atoms with E-state index in [-0.39, 0.29) is 16.3 Å². The van der Waals surface area contributed by atoms with Crippen molar-refractivity contribution >= 4 is 27.5 Å². The van der Waals surface area contributed by atoms with E-state index >= 15 is 0 Å². The first-order chi connectivity index (χ1) is 8.24. The molecule has 0 aromatic heterocycles. The number of carbonyl (C=O) groups excluding carboxylic acids is 1. The molecule has 0 saturated carbocycles. The quantitative estimate of drug-likeness (QED) is 0.867. The summed E-state index contributed by atoms with van der Waals surface area (Å²) < 4.78 is 0. The molecule has 1 amide bonds.